The number of nitrogens with one attached hydrogen (secondary N) is 2. The molecule has 1 rings (SSSR count). The van der Waals surface area contributed by atoms with Gasteiger partial charge in [-0.3, -0.25) is 14.4 Å². The van der Waals surface area contributed by atoms with Crippen LogP contribution in [0.4, 0.5) is 10.1 Å². The first kappa shape index (κ1) is 16.6. The van der Waals surface area contributed by atoms with E-state index in [0.29, 0.717) is 5.56 Å². The van der Waals surface area contributed by atoms with Crippen molar-refractivity contribution in [3.05, 3.63) is 29.6 Å². The van der Waals surface area contributed by atoms with E-state index < -0.39 is 17.6 Å². The summed E-state index contributed by atoms with van der Waals surface area (Å²) in [5.41, 5.74) is 0.641. The van der Waals surface area contributed by atoms with E-state index in [1.165, 1.54) is 17.0 Å². The average Bonchev–Trinajstić information content (AvgIpc) is 2.42. The molecule has 114 valence electrons. The van der Waals surface area contributed by atoms with Crippen LogP contribution in [0.25, 0.3) is 0 Å². The maximum Gasteiger partial charge on any atom is 0.313 e. The van der Waals surface area contributed by atoms with Crippen molar-refractivity contribution in [2.75, 3.05) is 26.0 Å². The molecule has 21 heavy (non-hydrogen) atoms. The third-order valence-electron chi connectivity index (χ3n) is 2.76. The lowest BCUT2D eigenvalue weighted by Gasteiger charge is -2.10. The first-order valence-corrected chi connectivity index (χ1v) is 6.36. The lowest BCUT2D eigenvalue weighted by Crippen LogP contribution is -2.37. The van der Waals surface area contributed by atoms with Crippen LogP contribution in [0.3, 0.4) is 0 Å². The maximum atomic E-state index is 13.3. The Morgan fingerprint density at radius 1 is 1.19 bits per heavy atom. The highest BCUT2D eigenvalue weighted by molar-refractivity contribution is 6.39. The molecule has 0 aromatic heterocycles. The molecule has 2 N–H and O–H groups in total. The van der Waals surface area contributed by atoms with Gasteiger partial charge in [0.1, 0.15) is 5.82 Å². The average molecular weight is 295 g/mol. The van der Waals surface area contributed by atoms with E-state index in [-0.39, 0.29) is 24.6 Å². The van der Waals surface area contributed by atoms with Crippen LogP contribution < -0.4 is 10.6 Å². The molecule has 0 atom stereocenters. The predicted molar refractivity (Wildman–Crippen MR) is 76.1 cm³/mol. The molecular weight excluding hydrogens is 277 g/mol. The van der Waals surface area contributed by atoms with Crippen molar-refractivity contribution in [3.63, 3.8) is 0 Å². The minimum Gasteiger partial charge on any atom is -0.349 e. The van der Waals surface area contributed by atoms with E-state index in [4.69, 9.17) is 0 Å². The fourth-order valence-electron chi connectivity index (χ4n) is 1.45. The van der Waals surface area contributed by atoms with Crippen molar-refractivity contribution >= 4 is 23.4 Å². The van der Waals surface area contributed by atoms with Gasteiger partial charge in [0.25, 0.3) is 0 Å². The van der Waals surface area contributed by atoms with E-state index in [1.54, 1.807) is 21.0 Å². The monoisotopic (exact) mass is 295 g/mol. The fourth-order valence-corrected chi connectivity index (χ4v) is 1.45. The van der Waals surface area contributed by atoms with Gasteiger partial charge in [0.2, 0.25) is 5.91 Å². The molecule has 0 unspecified atom stereocenters. The summed E-state index contributed by atoms with van der Waals surface area (Å²) in [5, 5.41) is 4.61. The van der Waals surface area contributed by atoms with Gasteiger partial charge in [0.15, 0.2) is 0 Å². The van der Waals surface area contributed by atoms with Crippen molar-refractivity contribution in [2.45, 2.75) is 13.3 Å². The number of nitrogens with zero attached hydrogens (tertiary/aromatic N) is 1. The Labute approximate surface area is 122 Å². The number of amides is 3. The lowest BCUT2D eigenvalue weighted by atomic mass is 10.2. The minimum absolute atomic E-state index is 0.0610. The Hall–Kier alpha value is -2.44. The summed E-state index contributed by atoms with van der Waals surface area (Å²) in [7, 11) is 3.20. The maximum absolute atomic E-state index is 13.3. The van der Waals surface area contributed by atoms with E-state index in [0.717, 1.165) is 6.07 Å². The van der Waals surface area contributed by atoms with Crippen molar-refractivity contribution in [3.8, 4) is 0 Å². The number of aryl methyl sites for hydroxylation is 1. The van der Waals surface area contributed by atoms with E-state index in [9.17, 15) is 18.8 Å². The molecule has 6 nitrogen and oxygen atoms in total. The molecule has 0 saturated carbocycles. The normalized spacial score (nSPS) is 9.90. The molecule has 0 aliphatic carbocycles. The second-order valence-corrected chi connectivity index (χ2v) is 4.71. The van der Waals surface area contributed by atoms with Crippen molar-refractivity contribution < 1.29 is 18.8 Å². The van der Waals surface area contributed by atoms with Crippen LogP contribution >= 0.6 is 0 Å². The summed E-state index contributed by atoms with van der Waals surface area (Å²) >= 11 is 0. The van der Waals surface area contributed by atoms with Crippen LogP contribution in [0.5, 0.6) is 0 Å². The summed E-state index contributed by atoms with van der Waals surface area (Å²) in [6.07, 6.45) is 0.102. The highest BCUT2D eigenvalue weighted by atomic mass is 19.1. The number of anilines is 1. The molecule has 0 radical (unpaired) electrons. The number of rotatable bonds is 4. The van der Waals surface area contributed by atoms with Crippen LogP contribution in [0.2, 0.25) is 0 Å². The molecule has 0 aliphatic rings. The Balaban J connectivity index is 2.46. The standard InChI is InChI=1S/C14H18FN3O3/c1-9-4-5-10(8-11(9)15)17-14(21)13(20)16-7-6-12(19)18(2)3/h4-5,8H,6-7H2,1-3H3,(H,16,20)(H,17,21). The predicted octanol–water partition coefficient (Wildman–Crippen LogP) is 0.667. The molecule has 0 fully saturated rings. The molecule has 0 saturated heterocycles. The number of carbonyl (C=O) groups excluding carboxylic acids is 3. The summed E-state index contributed by atoms with van der Waals surface area (Å²) in [6, 6.07) is 4.13. The van der Waals surface area contributed by atoms with Gasteiger partial charge >= 0.3 is 11.8 Å². The zero-order valence-corrected chi connectivity index (χ0v) is 12.2. The fraction of sp³-hybridized carbons (Fsp3) is 0.357. The molecule has 0 spiro atoms. The molecule has 1 aromatic rings. The molecule has 3 amide bonds. The van der Waals surface area contributed by atoms with Gasteiger partial charge in [0.05, 0.1) is 0 Å². The first-order chi connectivity index (χ1) is 9.81. The quantitative estimate of drug-likeness (QED) is 0.801. The molecule has 0 aliphatic heterocycles. The summed E-state index contributed by atoms with van der Waals surface area (Å²) in [4.78, 5) is 35.8. The van der Waals surface area contributed by atoms with Gasteiger partial charge in [0, 0.05) is 32.7 Å². The van der Waals surface area contributed by atoms with E-state index in [1.807, 2.05) is 0 Å². The summed E-state index contributed by atoms with van der Waals surface area (Å²) in [5.74, 6) is -2.40. The highest BCUT2D eigenvalue weighted by Gasteiger charge is 2.14. The Morgan fingerprint density at radius 3 is 2.43 bits per heavy atom. The van der Waals surface area contributed by atoms with Crippen LogP contribution in [-0.2, 0) is 14.4 Å². The number of halogens is 1. The highest BCUT2D eigenvalue weighted by Crippen LogP contribution is 2.13. The number of hydrogen-bond acceptors (Lipinski definition) is 3. The van der Waals surface area contributed by atoms with Crippen LogP contribution in [0.1, 0.15) is 12.0 Å². The Morgan fingerprint density at radius 2 is 1.86 bits per heavy atom. The first-order valence-electron chi connectivity index (χ1n) is 6.36. The third kappa shape index (κ3) is 5.21. The van der Waals surface area contributed by atoms with Crippen LogP contribution in [-0.4, -0.2) is 43.3 Å². The molecule has 0 bridgehead atoms. The molecule has 1 aromatic carbocycles. The largest absolute Gasteiger partial charge is 0.349 e. The molecule has 0 heterocycles. The van der Waals surface area contributed by atoms with Gasteiger partial charge in [-0.15, -0.1) is 0 Å². The summed E-state index contributed by atoms with van der Waals surface area (Å²) < 4.78 is 13.3. The van der Waals surface area contributed by atoms with Gasteiger partial charge in [-0.05, 0) is 24.6 Å². The summed E-state index contributed by atoms with van der Waals surface area (Å²) in [6.45, 7) is 1.65. The molecule has 7 heteroatoms. The van der Waals surface area contributed by atoms with E-state index in [2.05, 4.69) is 10.6 Å². The Kier molecular flexibility index (Phi) is 5.83. The van der Waals surface area contributed by atoms with Gasteiger partial charge in [-0.1, -0.05) is 6.07 Å². The van der Waals surface area contributed by atoms with Crippen LogP contribution in [0.15, 0.2) is 18.2 Å². The van der Waals surface area contributed by atoms with Gasteiger partial charge < -0.3 is 15.5 Å². The Bertz CT molecular complexity index is 558. The topological polar surface area (TPSA) is 78.5 Å². The zero-order valence-electron chi connectivity index (χ0n) is 12.2. The zero-order chi connectivity index (χ0) is 16.0. The smallest absolute Gasteiger partial charge is 0.313 e. The van der Waals surface area contributed by atoms with E-state index >= 15 is 0 Å². The minimum atomic E-state index is -0.907. The van der Waals surface area contributed by atoms with Gasteiger partial charge in [-0.2, -0.15) is 0 Å². The third-order valence-corrected chi connectivity index (χ3v) is 2.76. The van der Waals surface area contributed by atoms with Crippen molar-refractivity contribution in [1.29, 1.82) is 0 Å². The lowest BCUT2D eigenvalue weighted by molar-refractivity contribution is -0.136. The molecular formula is C14H18FN3O3. The van der Waals surface area contributed by atoms with Crippen molar-refractivity contribution in [1.82, 2.24) is 10.2 Å². The van der Waals surface area contributed by atoms with Gasteiger partial charge in [-0.25, -0.2) is 4.39 Å². The SMILES string of the molecule is Cc1ccc(NC(=O)C(=O)NCCC(=O)N(C)C)cc1F. The number of benzene rings is 1. The number of hydrogen-bond donors (Lipinski definition) is 2. The second kappa shape index (κ2) is 7.37. The van der Waals surface area contributed by atoms with Crippen LogP contribution in [0, 0.1) is 12.7 Å². The second-order valence-electron chi connectivity index (χ2n) is 4.71. The number of carbonyl (C=O) groups is 3. The van der Waals surface area contributed by atoms with Crippen molar-refractivity contribution in [2.24, 2.45) is 0 Å².